The quantitative estimate of drug-likeness (QED) is 0.840. The topological polar surface area (TPSA) is 38.5 Å². The van der Waals surface area contributed by atoms with Gasteiger partial charge in [0.05, 0.1) is 17.7 Å². The Morgan fingerprint density at radius 1 is 1.47 bits per heavy atom. The first-order valence-corrected chi connectivity index (χ1v) is 7.30. The highest BCUT2D eigenvalue weighted by atomic mass is 32.1. The van der Waals surface area contributed by atoms with Gasteiger partial charge in [-0.05, 0) is 12.0 Å². The van der Waals surface area contributed by atoms with E-state index in [4.69, 9.17) is 22.7 Å². The van der Waals surface area contributed by atoms with Gasteiger partial charge in [-0.15, -0.1) is 0 Å². The van der Waals surface area contributed by atoms with Crippen LogP contribution in [0.3, 0.4) is 0 Å². The molecule has 2 N–H and O–H groups in total. The van der Waals surface area contributed by atoms with Gasteiger partial charge in [0, 0.05) is 25.6 Å². The van der Waals surface area contributed by atoms with Crippen molar-refractivity contribution in [3.05, 3.63) is 35.9 Å². The molecule has 2 rings (SSSR count). The molecule has 2 atom stereocenters. The van der Waals surface area contributed by atoms with Gasteiger partial charge < -0.3 is 10.5 Å². The molecule has 1 aromatic rings. The largest absolute Gasteiger partial charge is 0.393 e. The molecular weight excluding hydrogens is 256 g/mol. The van der Waals surface area contributed by atoms with Crippen molar-refractivity contribution in [1.29, 1.82) is 0 Å². The normalized spacial score (nSPS) is 22.1. The summed E-state index contributed by atoms with van der Waals surface area (Å²) < 4.78 is 5.74. The summed E-state index contributed by atoms with van der Waals surface area (Å²) in [6.45, 7) is 4.86. The Morgan fingerprint density at radius 2 is 2.21 bits per heavy atom. The minimum absolute atomic E-state index is 0.275. The van der Waals surface area contributed by atoms with Gasteiger partial charge in [0.2, 0.25) is 0 Å². The van der Waals surface area contributed by atoms with E-state index in [9.17, 15) is 0 Å². The Balaban J connectivity index is 2.15. The fraction of sp³-hybridized carbons (Fsp3) is 0.533. The van der Waals surface area contributed by atoms with Crippen molar-refractivity contribution >= 4 is 17.2 Å². The molecule has 19 heavy (non-hydrogen) atoms. The Hall–Kier alpha value is -0.970. The fourth-order valence-corrected chi connectivity index (χ4v) is 2.75. The molecule has 4 heteroatoms. The molecule has 0 aliphatic carbocycles. The molecule has 2 unspecified atom stereocenters. The zero-order chi connectivity index (χ0) is 13.7. The number of nitrogens with two attached hydrogens (primary N) is 1. The Bertz CT molecular complexity index is 410. The second-order valence-electron chi connectivity index (χ2n) is 4.99. The van der Waals surface area contributed by atoms with Crippen LogP contribution in [0.2, 0.25) is 0 Å². The number of ether oxygens (including phenoxy) is 1. The lowest BCUT2D eigenvalue weighted by atomic mass is 10.0. The summed E-state index contributed by atoms with van der Waals surface area (Å²) in [6, 6.07) is 10.8. The molecule has 104 valence electrons. The molecule has 1 aliphatic rings. The van der Waals surface area contributed by atoms with E-state index in [2.05, 4.69) is 36.1 Å². The minimum atomic E-state index is 0.275. The number of hydrogen-bond donors (Lipinski definition) is 1. The number of hydrogen-bond acceptors (Lipinski definition) is 3. The molecule has 0 radical (unpaired) electrons. The molecule has 0 spiro atoms. The first kappa shape index (κ1) is 14.4. The van der Waals surface area contributed by atoms with Crippen LogP contribution in [-0.2, 0) is 4.74 Å². The summed E-state index contributed by atoms with van der Waals surface area (Å²) in [7, 11) is 0. The fourth-order valence-electron chi connectivity index (χ4n) is 2.60. The third kappa shape index (κ3) is 4.00. The van der Waals surface area contributed by atoms with Gasteiger partial charge in [-0.1, -0.05) is 49.5 Å². The second kappa shape index (κ2) is 6.98. The molecular formula is C15H22N2OS. The third-order valence-electron chi connectivity index (χ3n) is 3.65. The van der Waals surface area contributed by atoms with Gasteiger partial charge in [0.15, 0.2) is 0 Å². The average Bonchev–Trinajstić information content (AvgIpc) is 2.45. The third-order valence-corrected chi connectivity index (χ3v) is 3.81. The van der Waals surface area contributed by atoms with E-state index in [1.165, 1.54) is 5.56 Å². The summed E-state index contributed by atoms with van der Waals surface area (Å²) in [4.78, 5) is 3.03. The van der Waals surface area contributed by atoms with Gasteiger partial charge in [0.25, 0.3) is 0 Å². The van der Waals surface area contributed by atoms with Crippen LogP contribution in [0.4, 0.5) is 0 Å². The smallest absolute Gasteiger partial charge is 0.0746 e. The Kier molecular flexibility index (Phi) is 5.31. The monoisotopic (exact) mass is 278 g/mol. The zero-order valence-corrected chi connectivity index (χ0v) is 12.2. The van der Waals surface area contributed by atoms with Crippen LogP contribution in [0.1, 0.15) is 31.4 Å². The standard InChI is InChI=1S/C15H22N2OS/c1-2-13-11-17(8-9-18-13)14(10-15(16)19)12-6-4-3-5-7-12/h3-7,13-14H,2,8-11H2,1H3,(H2,16,19). The SMILES string of the molecule is CCC1CN(C(CC(N)=S)c2ccccc2)CCO1. The van der Waals surface area contributed by atoms with Crippen molar-refractivity contribution in [2.24, 2.45) is 5.73 Å². The number of benzene rings is 1. The molecule has 0 amide bonds. The van der Waals surface area contributed by atoms with Crippen molar-refractivity contribution in [2.75, 3.05) is 19.7 Å². The molecule has 0 aromatic heterocycles. The maximum atomic E-state index is 5.78. The van der Waals surface area contributed by atoms with Crippen molar-refractivity contribution in [3.63, 3.8) is 0 Å². The lowest BCUT2D eigenvalue weighted by molar-refractivity contribution is -0.0440. The van der Waals surface area contributed by atoms with E-state index < -0.39 is 0 Å². The number of morpholine rings is 1. The molecule has 1 aromatic carbocycles. The van der Waals surface area contributed by atoms with Gasteiger partial charge >= 0.3 is 0 Å². The second-order valence-corrected chi connectivity index (χ2v) is 5.52. The maximum Gasteiger partial charge on any atom is 0.0746 e. The van der Waals surface area contributed by atoms with Crippen LogP contribution < -0.4 is 5.73 Å². The van der Waals surface area contributed by atoms with Crippen molar-refractivity contribution in [2.45, 2.75) is 31.9 Å². The van der Waals surface area contributed by atoms with Gasteiger partial charge in [-0.3, -0.25) is 4.90 Å². The van der Waals surface area contributed by atoms with Crippen molar-refractivity contribution in [1.82, 2.24) is 4.90 Å². The Labute approximate surface area is 120 Å². The number of rotatable bonds is 5. The lowest BCUT2D eigenvalue weighted by Crippen LogP contribution is -2.44. The highest BCUT2D eigenvalue weighted by Gasteiger charge is 2.26. The van der Waals surface area contributed by atoms with Gasteiger partial charge in [-0.25, -0.2) is 0 Å². The van der Waals surface area contributed by atoms with Crippen molar-refractivity contribution < 1.29 is 4.74 Å². The van der Waals surface area contributed by atoms with E-state index in [1.54, 1.807) is 0 Å². The molecule has 0 bridgehead atoms. The van der Waals surface area contributed by atoms with Gasteiger partial charge in [0.1, 0.15) is 0 Å². The van der Waals surface area contributed by atoms with Gasteiger partial charge in [-0.2, -0.15) is 0 Å². The van der Waals surface area contributed by atoms with Crippen LogP contribution in [0.15, 0.2) is 30.3 Å². The highest BCUT2D eigenvalue weighted by molar-refractivity contribution is 7.80. The van der Waals surface area contributed by atoms with E-state index in [-0.39, 0.29) is 6.04 Å². The average molecular weight is 278 g/mol. The Morgan fingerprint density at radius 3 is 2.84 bits per heavy atom. The summed E-state index contributed by atoms with van der Waals surface area (Å²) in [5.41, 5.74) is 7.06. The molecule has 1 heterocycles. The predicted molar refractivity (Wildman–Crippen MR) is 82.2 cm³/mol. The molecule has 1 aliphatic heterocycles. The first-order valence-electron chi connectivity index (χ1n) is 6.89. The molecule has 0 saturated carbocycles. The molecule has 1 saturated heterocycles. The molecule has 3 nitrogen and oxygen atoms in total. The maximum absolute atomic E-state index is 5.78. The van der Waals surface area contributed by atoms with E-state index in [0.29, 0.717) is 11.1 Å². The summed E-state index contributed by atoms with van der Waals surface area (Å²) >= 11 is 5.12. The summed E-state index contributed by atoms with van der Waals surface area (Å²) in [5, 5.41) is 0. The van der Waals surface area contributed by atoms with Crippen LogP contribution in [0.5, 0.6) is 0 Å². The van der Waals surface area contributed by atoms with Crippen LogP contribution >= 0.6 is 12.2 Å². The lowest BCUT2D eigenvalue weighted by Gasteiger charge is -2.38. The van der Waals surface area contributed by atoms with Crippen LogP contribution in [0.25, 0.3) is 0 Å². The first-order chi connectivity index (χ1) is 9.20. The number of thiocarbonyl (C=S) groups is 1. The van der Waals surface area contributed by atoms with Crippen molar-refractivity contribution in [3.8, 4) is 0 Å². The minimum Gasteiger partial charge on any atom is -0.393 e. The summed E-state index contributed by atoms with van der Waals surface area (Å²) in [6.07, 6.45) is 2.10. The van der Waals surface area contributed by atoms with E-state index in [1.807, 2.05) is 6.07 Å². The van der Waals surface area contributed by atoms with Crippen LogP contribution in [-0.4, -0.2) is 35.7 Å². The highest BCUT2D eigenvalue weighted by Crippen LogP contribution is 2.26. The van der Waals surface area contributed by atoms with Crippen LogP contribution in [0, 0.1) is 0 Å². The van der Waals surface area contributed by atoms with E-state index >= 15 is 0 Å². The zero-order valence-electron chi connectivity index (χ0n) is 11.4. The van der Waals surface area contributed by atoms with E-state index in [0.717, 1.165) is 32.5 Å². The summed E-state index contributed by atoms with van der Waals surface area (Å²) in [5.74, 6) is 0. The molecule has 1 fully saturated rings. The number of nitrogens with zero attached hydrogens (tertiary/aromatic N) is 1. The predicted octanol–water partition coefficient (Wildman–Crippen LogP) is 2.51.